The van der Waals surface area contributed by atoms with Crippen LogP contribution in [0.4, 0.5) is 0 Å². The maximum atomic E-state index is 6.40. The van der Waals surface area contributed by atoms with E-state index in [1.54, 1.807) is 6.20 Å². The van der Waals surface area contributed by atoms with Crippen molar-refractivity contribution in [2.45, 2.75) is 58.0 Å². The van der Waals surface area contributed by atoms with E-state index in [1.165, 1.54) is 37.8 Å². The fourth-order valence-electron chi connectivity index (χ4n) is 4.42. The average molecular weight is 296 g/mol. The maximum absolute atomic E-state index is 6.40. The van der Waals surface area contributed by atoms with Crippen molar-refractivity contribution >= 4 is 11.6 Å². The zero-order chi connectivity index (χ0) is 14.3. The van der Waals surface area contributed by atoms with Gasteiger partial charge in [-0.05, 0) is 64.3 Å². The summed E-state index contributed by atoms with van der Waals surface area (Å²) in [5.41, 5.74) is 1.17. The Labute approximate surface area is 127 Å². The summed E-state index contributed by atoms with van der Waals surface area (Å²) in [4.78, 5) is 0. The molecule has 20 heavy (non-hydrogen) atoms. The molecule has 2 saturated carbocycles. The van der Waals surface area contributed by atoms with Gasteiger partial charge < -0.3 is 5.32 Å². The first-order valence-electron chi connectivity index (χ1n) is 8.00. The van der Waals surface area contributed by atoms with E-state index >= 15 is 0 Å². The third-order valence-electron chi connectivity index (χ3n) is 5.38. The molecule has 2 bridgehead atoms. The highest BCUT2D eigenvalue weighted by atomic mass is 35.5. The molecule has 0 radical (unpaired) electrons. The molecule has 4 atom stereocenters. The third-order valence-corrected chi connectivity index (χ3v) is 5.67. The van der Waals surface area contributed by atoms with E-state index in [4.69, 9.17) is 11.6 Å². The molecule has 1 aromatic heterocycles. The van der Waals surface area contributed by atoms with Gasteiger partial charge in [0.1, 0.15) is 0 Å². The largest absolute Gasteiger partial charge is 0.312 e. The molecular formula is C16H26ClN3. The van der Waals surface area contributed by atoms with Gasteiger partial charge in [0.25, 0.3) is 0 Å². The molecule has 4 unspecified atom stereocenters. The Kier molecular flexibility index (Phi) is 4.09. The first kappa shape index (κ1) is 14.4. The van der Waals surface area contributed by atoms with Crippen LogP contribution in [-0.2, 0) is 0 Å². The average Bonchev–Trinajstić information content (AvgIpc) is 3.10. The van der Waals surface area contributed by atoms with E-state index in [-0.39, 0.29) is 0 Å². The number of hydrogen-bond acceptors (Lipinski definition) is 2. The summed E-state index contributed by atoms with van der Waals surface area (Å²) in [5, 5.41) is 8.74. The predicted molar refractivity (Wildman–Crippen MR) is 83.0 cm³/mol. The molecule has 0 saturated heterocycles. The van der Waals surface area contributed by atoms with Crippen LogP contribution in [0.3, 0.4) is 0 Å². The van der Waals surface area contributed by atoms with Crippen molar-refractivity contribution in [3.05, 3.63) is 16.9 Å². The Morgan fingerprint density at radius 1 is 1.40 bits per heavy atom. The number of rotatable bonds is 5. The van der Waals surface area contributed by atoms with Crippen LogP contribution in [-0.4, -0.2) is 16.8 Å². The lowest BCUT2D eigenvalue weighted by atomic mass is 9.83. The Bertz CT molecular complexity index is 468. The molecule has 1 heterocycles. The number of hydrogen-bond donors (Lipinski definition) is 1. The van der Waals surface area contributed by atoms with Gasteiger partial charge >= 0.3 is 0 Å². The second-order valence-corrected chi connectivity index (χ2v) is 7.34. The zero-order valence-electron chi connectivity index (χ0n) is 12.8. The van der Waals surface area contributed by atoms with Crippen molar-refractivity contribution in [1.29, 1.82) is 0 Å². The Morgan fingerprint density at radius 2 is 2.20 bits per heavy atom. The predicted octanol–water partition coefficient (Wildman–Crippen LogP) is 4.20. The summed E-state index contributed by atoms with van der Waals surface area (Å²) in [6, 6.07) is 0.685. The van der Waals surface area contributed by atoms with Gasteiger partial charge in [-0.15, -0.1) is 0 Å². The van der Waals surface area contributed by atoms with E-state index in [2.05, 4.69) is 28.9 Å². The van der Waals surface area contributed by atoms with Crippen LogP contribution >= 0.6 is 11.6 Å². The molecule has 0 spiro atoms. The first-order valence-corrected chi connectivity index (χ1v) is 8.38. The second-order valence-electron chi connectivity index (χ2n) is 6.93. The molecule has 2 fully saturated rings. The number of nitrogens with one attached hydrogen (secondary N) is 1. The van der Waals surface area contributed by atoms with Crippen LogP contribution in [0.2, 0.25) is 5.02 Å². The standard InChI is InChI=1S/C16H26ClN3/c1-10(2)20-16(14(17)9-19-20)15(18-3)8-13-7-11-4-5-12(13)6-11/h9-13,15,18H,4-8H2,1-3H3. The van der Waals surface area contributed by atoms with Crippen molar-refractivity contribution in [1.82, 2.24) is 15.1 Å². The topological polar surface area (TPSA) is 29.9 Å². The highest BCUT2D eigenvalue weighted by molar-refractivity contribution is 6.31. The van der Waals surface area contributed by atoms with Crippen molar-refractivity contribution in [3.8, 4) is 0 Å². The first-order chi connectivity index (χ1) is 9.60. The molecule has 1 aromatic rings. The highest BCUT2D eigenvalue weighted by Gasteiger charge is 2.40. The summed E-state index contributed by atoms with van der Waals surface area (Å²) in [7, 11) is 2.05. The maximum Gasteiger partial charge on any atom is 0.0834 e. The summed E-state index contributed by atoms with van der Waals surface area (Å²) in [6.45, 7) is 4.33. The van der Waals surface area contributed by atoms with Crippen LogP contribution in [0, 0.1) is 17.8 Å². The lowest BCUT2D eigenvalue weighted by Gasteiger charge is -2.28. The summed E-state index contributed by atoms with van der Waals surface area (Å²) in [6.07, 6.45) is 8.81. The molecule has 0 amide bonds. The Hall–Kier alpha value is -0.540. The summed E-state index contributed by atoms with van der Waals surface area (Å²) >= 11 is 6.40. The Morgan fingerprint density at radius 3 is 2.75 bits per heavy atom. The number of fused-ring (bicyclic) bond motifs is 2. The third kappa shape index (κ3) is 2.50. The minimum Gasteiger partial charge on any atom is -0.312 e. The van der Waals surface area contributed by atoms with Crippen LogP contribution in [0.1, 0.15) is 63.7 Å². The van der Waals surface area contributed by atoms with E-state index < -0.39 is 0 Å². The molecule has 0 aromatic carbocycles. The number of nitrogens with zero attached hydrogens (tertiary/aromatic N) is 2. The molecule has 2 aliphatic carbocycles. The van der Waals surface area contributed by atoms with Crippen molar-refractivity contribution in [3.63, 3.8) is 0 Å². The van der Waals surface area contributed by atoms with Gasteiger partial charge in [0.2, 0.25) is 0 Å². The molecule has 112 valence electrons. The van der Waals surface area contributed by atoms with Gasteiger partial charge in [0, 0.05) is 6.04 Å². The van der Waals surface area contributed by atoms with Crippen molar-refractivity contribution < 1.29 is 0 Å². The van der Waals surface area contributed by atoms with Crippen LogP contribution in [0.5, 0.6) is 0 Å². The number of halogens is 1. The van der Waals surface area contributed by atoms with Crippen LogP contribution in [0.25, 0.3) is 0 Å². The van der Waals surface area contributed by atoms with E-state index in [0.717, 1.165) is 22.8 Å². The van der Waals surface area contributed by atoms with Crippen molar-refractivity contribution in [2.24, 2.45) is 17.8 Å². The molecular weight excluding hydrogens is 270 g/mol. The molecule has 4 heteroatoms. The SMILES string of the molecule is CNC(CC1CC2CCC1C2)c1c(Cl)cnn1C(C)C. The van der Waals surface area contributed by atoms with Gasteiger partial charge in [-0.3, -0.25) is 4.68 Å². The minimum absolute atomic E-state index is 0.330. The lowest BCUT2D eigenvalue weighted by molar-refractivity contribution is 0.277. The summed E-state index contributed by atoms with van der Waals surface area (Å²) in [5.74, 6) is 2.84. The molecule has 1 N–H and O–H groups in total. The van der Waals surface area contributed by atoms with Crippen molar-refractivity contribution in [2.75, 3.05) is 7.05 Å². The highest BCUT2D eigenvalue weighted by Crippen LogP contribution is 2.51. The Balaban J connectivity index is 1.78. The summed E-state index contributed by atoms with van der Waals surface area (Å²) < 4.78 is 2.08. The normalized spacial score (nSPS) is 30.4. The smallest absolute Gasteiger partial charge is 0.0834 e. The second kappa shape index (κ2) is 5.69. The molecule has 0 aliphatic heterocycles. The van der Waals surface area contributed by atoms with Gasteiger partial charge in [-0.1, -0.05) is 18.0 Å². The lowest BCUT2D eigenvalue weighted by Crippen LogP contribution is -2.26. The quantitative estimate of drug-likeness (QED) is 0.882. The molecule has 2 aliphatic rings. The minimum atomic E-state index is 0.330. The van der Waals surface area contributed by atoms with Gasteiger partial charge in [-0.25, -0.2) is 0 Å². The fourth-order valence-corrected chi connectivity index (χ4v) is 4.68. The van der Waals surface area contributed by atoms with Crippen LogP contribution in [0.15, 0.2) is 6.20 Å². The van der Waals surface area contributed by atoms with Gasteiger partial charge in [0.05, 0.1) is 23.0 Å². The van der Waals surface area contributed by atoms with Gasteiger partial charge in [0.15, 0.2) is 0 Å². The molecule has 3 nitrogen and oxygen atoms in total. The van der Waals surface area contributed by atoms with E-state index in [1.807, 2.05) is 7.05 Å². The van der Waals surface area contributed by atoms with E-state index in [0.29, 0.717) is 12.1 Å². The molecule has 3 rings (SSSR count). The number of aromatic nitrogens is 2. The zero-order valence-corrected chi connectivity index (χ0v) is 13.5. The van der Waals surface area contributed by atoms with E-state index in [9.17, 15) is 0 Å². The van der Waals surface area contributed by atoms with Gasteiger partial charge in [-0.2, -0.15) is 5.10 Å². The monoisotopic (exact) mass is 295 g/mol. The fraction of sp³-hybridized carbons (Fsp3) is 0.812. The van der Waals surface area contributed by atoms with Crippen LogP contribution < -0.4 is 5.32 Å².